The van der Waals surface area contributed by atoms with E-state index in [0.29, 0.717) is 18.4 Å². The number of ether oxygens (including phenoxy) is 1. The molecule has 0 heterocycles. The van der Waals surface area contributed by atoms with E-state index in [1.807, 2.05) is 83.1 Å². The average Bonchev–Trinajstić information content (AvgIpc) is 2.70. The van der Waals surface area contributed by atoms with Gasteiger partial charge in [0.2, 0.25) is 0 Å². The lowest BCUT2D eigenvalue weighted by atomic mass is 9.83. The Kier molecular flexibility index (Phi) is 8.63. The van der Waals surface area contributed by atoms with Gasteiger partial charge in [-0.3, -0.25) is 4.79 Å². The smallest absolute Gasteiger partial charge is 0.426 e. The van der Waals surface area contributed by atoms with Crippen LogP contribution < -0.4 is 5.43 Å². The van der Waals surface area contributed by atoms with Crippen LogP contribution in [0.1, 0.15) is 60.7 Å². The largest absolute Gasteiger partial charge is 0.443 e. The molecule has 2 amide bonds. The van der Waals surface area contributed by atoms with Crippen LogP contribution in [-0.2, 0) is 11.3 Å². The first-order chi connectivity index (χ1) is 14.6. The molecule has 6 nitrogen and oxygen atoms in total. The maximum absolute atomic E-state index is 13.5. The van der Waals surface area contributed by atoms with Gasteiger partial charge in [0.15, 0.2) is 0 Å². The highest BCUT2D eigenvalue weighted by molar-refractivity contribution is 5.95. The average molecular weight is 427 g/mol. The van der Waals surface area contributed by atoms with Gasteiger partial charge in [-0.05, 0) is 49.8 Å². The molecule has 6 heteroatoms. The highest BCUT2D eigenvalue weighted by atomic mass is 16.6. The summed E-state index contributed by atoms with van der Waals surface area (Å²) in [5.41, 5.74) is 5.64. The number of benzene rings is 2. The van der Waals surface area contributed by atoms with E-state index in [2.05, 4.69) is 5.43 Å². The SMILES string of the molecule is Cc1cc(C)cc(C(=O)N(NC(=O)OCc2ccccc2)[C@H](CCCO)C(C)(C)C)c1. The number of carbonyl (C=O) groups is 2. The lowest BCUT2D eigenvalue weighted by molar-refractivity contribution is 0.0232. The molecule has 1 atom stereocenters. The number of hydrogen-bond acceptors (Lipinski definition) is 4. The van der Waals surface area contributed by atoms with Crippen LogP contribution >= 0.6 is 0 Å². The van der Waals surface area contributed by atoms with Gasteiger partial charge in [-0.1, -0.05) is 68.3 Å². The van der Waals surface area contributed by atoms with Crippen molar-refractivity contribution in [1.82, 2.24) is 10.4 Å². The van der Waals surface area contributed by atoms with E-state index in [-0.39, 0.29) is 30.6 Å². The first-order valence-electron chi connectivity index (χ1n) is 10.6. The van der Waals surface area contributed by atoms with Crippen molar-refractivity contribution in [2.45, 2.75) is 60.1 Å². The summed E-state index contributed by atoms with van der Waals surface area (Å²) >= 11 is 0. The first-order valence-corrected chi connectivity index (χ1v) is 10.6. The Balaban J connectivity index is 2.29. The van der Waals surface area contributed by atoms with E-state index in [0.717, 1.165) is 16.7 Å². The van der Waals surface area contributed by atoms with E-state index in [1.165, 1.54) is 5.01 Å². The third-order valence-electron chi connectivity index (χ3n) is 5.06. The second-order valence-corrected chi connectivity index (χ2v) is 8.97. The summed E-state index contributed by atoms with van der Waals surface area (Å²) in [6, 6.07) is 14.6. The molecule has 0 aliphatic rings. The topological polar surface area (TPSA) is 78.9 Å². The van der Waals surface area contributed by atoms with Crippen molar-refractivity contribution in [1.29, 1.82) is 0 Å². The second-order valence-electron chi connectivity index (χ2n) is 8.97. The number of carbonyl (C=O) groups excluding carboxylic acids is 2. The molecule has 0 aliphatic carbocycles. The van der Waals surface area contributed by atoms with Crippen LogP contribution in [-0.4, -0.2) is 34.8 Å². The van der Waals surface area contributed by atoms with E-state index >= 15 is 0 Å². The Morgan fingerprint density at radius 2 is 1.68 bits per heavy atom. The number of nitrogens with zero attached hydrogens (tertiary/aromatic N) is 1. The van der Waals surface area contributed by atoms with Gasteiger partial charge < -0.3 is 9.84 Å². The summed E-state index contributed by atoms with van der Waals surface area (Å²) in [5.74, 6) is -0.304. The molecule has 0 saturated heterocycles. The molecule has 2 aromatic carbocycles. The van der Waals surface area contributed by atoms with Gasteiger partial charge in [0.25, 0.3) is 5.91 Å². The van der Waals surface area contributed by atoms with Crippen molar-refractivity contribution in [3.05, 3.63) is 70.8 Å². The summed E-state index contributed by atoms with van der Waals surface area (Å²) in [4.78, 5) is 26.1. The van der Waals surface area contributed by atoms with Crippen LogP contribution in [0.2, 0.25) is 0 Å². The molecule has 2 aromatic rings. The van der Waals surface area contributed by atoms with Crippen molar-refractivity contribution < 1.29 is 19.4 Å². The molecule has 0 saturated carbocycles. The minimum Gasteiger partial charge on any atom is -0.443 e. The summed E-state index contributed by atoms with van der Waals surface area (Å²) in [6.45, 7) is 10.0. The standard InChI is InChI=1S/C25H34N2O4/c1-18-14-19(2)16-21(15-18)23(29)27(22(12-9-13-28)25(3,4)5)26-24(30)31-17-20-10-7-6-8-11-20/h6-8,10-11,14-16,22,28H,9,12-13,17H2,1-5H3,(H,26,30)/t22-/m1/s1. The fraction of sp³-hybridized carbons (Fsp3) is 0.440. The third kappa shape index (κ3) is 7.40. The van der Waals surface area contributed by atoms with Crippen molar-refractivity contribution in [2.75, 3.05) is 6.61 Å². The number of amides is 2. The van der Waals surface area contributed by atoms with E-state index in [9.17, 15) is 14.7 Å². The molecule has 0 bridgehead atoms. The number of rotatable bonds is 7. The molecule has 0 spiro atoms. The monoisotopic (exact) mass is 426 g/mol. The number of nitrogens with one attached hydrogen (secondary N) is 1. The van der Waals surface area contributed by atoms with E-state index < -0.39 is 6.09 Å². The summed E-state index contributed by atoms with van der Waals surface area (Å²) < 4.78 is 5.37. The third-order valence-corrected chi connectivity index (χ3v) is 5.06. The van der Waals surface area contributed by atoms with E-state index in [1.54, 1.807) is 0 Å². The van der Waals surface area contributed by atoms with Crippen molar-refractivity contribution in [2.24, 2.45) is 5.41 Å². The Morgan fingerprint density at radius 3 is 2.23 bits per heavy atom. The molecule has 168 valence electrons. The van der Waals surface area contributed by atoms with Gasteiger partial charge in [-0.15, -0.1) is 0 Å². The highest BCUT2D eigenvalue weighted by Gasteiger charge is 2.35. The molecule has 2 N–H and O–H groups in total. The Morgan fingerprint density at radius 1 is 1.06 bits per heavy atom. The molecule has 0 aliphatic heterocycles. The van der Waals surface area contributed by atoms with Gasteiger partial charge >= 0.3 is 6.09 Å². The fourth-order valence-electron chi connectivity index (χ4n) is 3.60. The van der Waals surface area contributed by atoms with Gasteiger partial charge in [0.05, 0.1) is 6.04 Å². The second kappa shape index (κ2) is 11.0. The highest BCUT2D eigenvalue weighted by Crippen LogP contribution is 2.28. The fourth-order valence-corrected chi connectivity index (χ4v) is 3.60. The summed E-state index contributed by atoms with van der Waals surface area (Å²) in [6.07, 6.45) is 0.356. The predicted octanol–water partition coefficient (Wildman–Crippen LogP) is 4.77. The molecule has 0 fully saturated rings. The van der Waals surface area contributed by atoms with Gasteiger partial charge in [-0.25, -0.2) is 15.2 Å². The number of hydrogen-bond donors (Lipinski definition) is 2. The Labute approximate surface area is 185 Å². The van der Waals surface area contributed by atoms with Crippen molar-refractivity contribution >= 4 is 12.0 Å². The molecule has 0 unspecified atom stereocenters. The van der Waals surface area contributed by atoms with Crippen molar-refractivity contribution in [3.8, 4) is 0 Å². The van der Waals surface area contributed by atoms with Crippen LogP contribution in [0.5, 0.6) is 0 Å². The number of aryl methyl sites for hydroxylation is 2. The lowest BCUT2D eigenvalue weighted by Crippen LogP contribution is -2.56. The quantitative estimate of drug-likeness (QED) is 0.625. The predicted molar refractivity (Wildman–Crippen MR) is 121 cm³/mol. The minimum atomic E-state index is -0.695. The molecule has 0 radical (unpaired) electrons. The maximum atomic E-state index is 13.5. The molecule has 2 rings (SSSR count). The number of hydrazine groups is 1. The lowest BCUT2D eigenvalue weighted by Gasteiger charge is -2.39. The van der Waals surface area contributed by atoms with Crippen LogP contribution in [0.15, 0.2) is 48.5 Å². The zero-order valence-electron chi connectivity index (χ0n) is 19.1. The van der Waals surface area contributed by atoms with E-state index in [4.69, 9.17) is 4.74 Å². The molecular weight excluding hydrogens is 392 g/mol. The number of aliphatic hydroxyl groups is 1. The van der Waals surface area contributed by atoms with Crippen LogP contribution in [0, 0.1) is 19.3 Å². The Hall–Kier alpha value is -2.86. The number of aliphatic hydroxyl groups excluding tert-OH is 1. The molecular formula is C25H34N2O4. The van der Waals surface area contributed by atoms with Gasteiger partial charge in [0, 0.05) is 12.2 Å². The van der Waals surface area contributed by atoms with Gasteiger partial charge in [-0.2, -0.15) is 0 Å². The van der Waals surface area contributed by atoms with Crippen molar-refractivity contribution in [3.63, 3.8) is 0 Å². The molecule has 0 aromatic heterocycles. The van der Waals surface area contributed by atoms with Gasteiger partial charge in [0.1, 0.15) is 6.61 Å². The first kappa shape index (κ1) is 24.4. The van der Waals surface area contributed by atoms with Crippen LogP contribution in [0.25, 0.3) is 0 Å². The molecule has 31 heavy (non-hydrogen) atoms. The minimum absolute atomic E-state index is 0.0105. The normalized spacial score (nSPS) is 12.2. The van der Waals surface area contributed by atoms with Crippen LogP contribution in [0.3, 0.4) is 0 Å². The zero-order chi connectivity index (χ0) is 23.0. The van der Waals surface area contributed by atoms with Crippen LogP contribution in [0.4, 0.5) is 4.79 Å². The summed E-state index contributed by atoms with van der Waals surface area (Å²) in [7, 11) is 0. The summed E-state index contributed by atoms with van der Waals surface area (Å²) in [5, 5.41) is 10.7. The zero-order valence-corrected chi connectivity index (χ0v) is 19.1. The maximum Gasteiger partial charge on any atom is 0.426 e. The Bertz CT molecular complexity index is 855.